The van der Waals surface area contributed by atoms with E-state index in [0.717, 1.165) is 29.8 Å². The second-order valence-electron chi connectivity index (χ2n) is 5.96. The Morgan fingerprint density at radius 2 is 2.08 bits per heavy atom. The molecule has 1 aliphatic heterocycles. The van der Waals surface area contributed by atoms with Gasteiger partial charge in [-0.15, -0.1) is 0 Å². The van der Waals surface area contributed by atoms with Gasteiger partial charge in [-0.3, -0.25) is 9.79 Å². The van der Waals surface area contributed by atoms with Crippen LogP contribution in [0.5, 0.6) is 5.75 Å². The number of nitrogens with zero attached hydrogens (tertiary/aromatic N) is 2. The fourth-order valence-electron chi connectivity index (χ4n) is 3.18. The van der Waals surface area contributed by atoms with Gasteiger partial charge in [-0.05, 0) is 41.8 Å². The molecule has 1 aromatic carbocycles. The average Bonchev–Trinajstić information content (AvgIpc) is 2.91. The van der Waals surface area contributed by atoms with Crippen molar-refractivity contribution >= 4 is 17.6 Å². The minimum atomic E-state index is -0.0186. The van der Waals surface area contributed by atoms with Crippen molar-refractivity contribution in [1.82, 2.24) is 9.88 Å². The van der Waals surface area contributed by atoms with Crippen LogP contribution in [0.3, 0.4) is 0 Å². The van der Waals surface area contributed by atoms with Crippen LogP contribution in [0.1, 0.15) is 27.2 Å². The lowest BCUT2D eigenvalue weighted by molar-refractivity contribution is 0.102. The molecule has 5 heteroatoms. The molecular weight excluding hydrogens is 302 g/mol. The molecule has 0 amide bonds. The minimum Gasteiger partial charge on any atom is -0.508 e. The lowest BCUT2D eigenvalue weighted by atomic mass is 9.92. The van der Waals surface area contributed by atoms with Gasteiger partial charge in [0.1, 0.15) is 11.4 Å². The van der Waals surface area contributed by atoms with Crippen molar-refractivity contribution in [3.05, 3.63) is 70.8 Å². The number of nitrogens with one attached hydrogen (secondary N) is 1. The third-order valence-corrected chi connectivity index (χ3v) is 4.33. The van der Waals surface area contributed by atoms with E-state index in [-0.39, 0.29) is 11.5 Å². The van der Waals surface area contributed by atoms with Crippen molar-refractivity contribution in [3.63, 3.8) is 0 Å². The van der Waals surface area contributed by atoms with Gasteiger partial charge in [-0.25, -0.2) is 0 Å². The standard InChI is InChI=1S/C19H17N3O2/c1-22-11-13-7-9-20-15-10-16(19(24)18(22)17(13)15)21-8-6-12-2-4-14(23)5-3-12/h2-6,8,10-11,21,23H,7,9H2,1H3. The highest BCUT2D eigenvalue weighted by molar-refractivity contribution is 6.26. The Balaban J connectivity index is 1.61. The van der Waals surface area contributed by atoms with Crippen molar-refractivity contribution in [2.75, 3.05) is 6.54 Å². The summed E-state index contributed by atoms with van der Waals surface area (Å²) in [6.07, 6.45) is 8.32. The maximum Gasteiger partial charge on any atom is 0.226 e. The van der Waals surface area contributed by atoms with E-state index in [4.69, 9.17) is 0 Å². The van der Waals surface area contributed by atoms with Gasteiger partial charge in [-0.1, -0.05) is 12.1 Å². The molecule has 0 saturated heterocycles. The molecule has 24 heavy (non-hydrogen) atoms. The van der Waals surface area contributed by atoms with E-state index in [2.05, 4.69) is 10.3 Å². The number of phenolic OH excluding ortho intramolecular Hbond substituents is 1. The smallest absolute Gasteiger partial charge is 0.226 e. The number of aryl methyl sites for hydroxylation is 1. The van der Waals surface area contributed by atoms with Gasteiger partial charge in [-0.2, -0.15) is 0 Å². The summed E-state index contributed by atoms with van der Waals surface area (Å²) in [5, 5.41) is 12.4. The van der Waals surface area contributed by atoms with Gasteiger partial charge >= 0.3 is 0 Å². The predicted octanol–water partition coefficient (Wildman–Crippen LogP) is 2.42. The number of Topliss-reactive ketones (excluding diaryl/α,β-unsaturated/α-hetero) is 1. The molecular formula is C19H17N3O2. The average molecular weight is 319 g/mol. The Bertz CT molecular complexity index is 915. The van der Waals surface area contributed by atoms with E-state index in [1.807, 2.05) is 30.0 Å². The van der Waals surface area contributed by atoms with E-state index < -0.39 is 0 Å². The van der Waals surface area contributed by atoms with E-state index in [1.54, 1.807) is 30.5 Å². The number of aromatic nitrogens is 1. The maximum absolute atomic E-state index is 12.7. The van der Waals surface area contributed by atoms with Crippen LogP contribution < -0.4 is 5.32 Å². The van der Waals surface area contributed by atoms with Gasteiger partial charge in [0.05, 0.1) is 11.4 Å². The Kier molecular flexibility index (Phi) is 3.34. The molecule has 2 heterocycles. The van der Waals surface area contributed by atoms with Crippen molar-refractivity contribution in [2.45, 2.75) is 6.42 Å². The van der Waals surface area contributed by atoms with Gasteiger partial charge in [0, 0.05) is 31.6 Å². The molecule has 2 N–H and O–H groups in total. The monoisotopic (exact) mass is 319 g/mol. The topological polar surface area (TPSA) is 66.6 Å². The molecule has 4 rings (SSSR count). The van der Waals surface area contributed by atoms with Crippen LogP contribution in [0.15, 0.2) is 53.4 Å². The van der Waals surface area contributed by atoms with Crippen LogP contribution in [-0.2, 0) is 13.5 Å². The Morgan fingerprint density at radius 1 is 1.29 bits per heavy atom. The van der Waals surface area contributed by atoms with Gasteiger partial charge < -0.3 is 15.0 Å². The first-order chi connectivity index (χ1) is 11.6. The van der Waals surface area contributed by atoms with Crippen molar-refractivity contribution in [2.24, 2.45) is 12.0 Å². The lowest BCUT2D eigenvalue weighted by Gasteiger charge is -2.19. The molecule has 2 aromatic rings. The summed E-state index contributed by atoms with van der Waals surface area (Å²) in [6.45, 7) is 0.757. The van der Waals surface area contributed by atoms with E-state index in [1.165, 1.54) is 5.56 Å². The summed E-state index contributed by atoms with van der Waals surface area (Å²) < 4.78 is 1.90. The summed E-state index contributed by atoms with van der Waals surface area (Å²) in [5.41, 5.74) is 5.22. The number of carbonyl (C=O) groups is 1. The van der Waals surface area contributed by atoms with Gasteiger partial charge in [0.2, 0.25) is 5.78 Å². The fourth-order valence-corrected chi connectivity index (χ4v) is 3.18. The SMILES string of the molecule is Cn1cc2c3c1C(=O)C(NC=Cc1ccc(O)cc1)=CC3=NCC2. The highest BCUT2D eigenvalue weighted by Gasteiger charge is 2.31. The van der Waals surface area contributed by atoms with Crippen molar-refractivity contribution in [3.8, 4) is 5.75 Å². The fraction of sp³-hybridized carbons (Fsp3) is 0.158. The number of hydrogen-bond donors (Lipinski definition) is 2. The summed E-state index contributed by atoms with van der Waals surface area (Å²) in [6, 6.07) is 6.85. The number of rotatable bonds is 3. The molecule has 1 aromatic heterocycles. The lowest BCUT2D eigenvalue weighted by Crippen LogP contribution is -2.27. The number of ketones is 1. The van der Waals surface area contributed by atoms with Crippen molar-refractivity contribution < 1.29 is 9.90 Å². The zero-order chi connectivity index (χ0) is 16.7. The first-order valence-corrected chi connectivity index (χ1v) is 7.85. The Hall–Kier alpha value is -3.08. The van der Waals surface area contributed by atoms with Crippen LogP contribution >= 0.6 is 0 Å². The van der Waals surface area contributed by atoms with Crippen molar-refractivity contribution in [1.29, 1.82) is 0 Å². The Labute approximate surface area is 139 Å². The molecule has 0 bridgehead atoms. The van der Waals surface area contributed by atoms with Gasteiger partial charge in [0.25, 0.3) is 0 Å². The van der Waals surface area contributed by atoms with Crippen LogP contribution in [0.4, 0.5) is 0 Å². The number of aliphatic imine (C=N–C) groups is 1. The zero-order valence-corrected chi connectivity index (χ0v) is 13.3. The molecule has 0 atom stereocenters. The molecule has 1 aliphatic carbocycles. The summed E-state index contributed by atoms with van der Waals surface area (Å²) in [5.74, 6) is 0.211. The van der Waals surface area contributed by atoms with Crippen LogP contribution in [0.25, 0.3) is 6.08 Å². The molecule has 0 spiro atoms. The first kappa shape index (κ1) is 14.5. The molecule has 5 nitrogen and oxygen atoms in total. The zero-order valence-electron chi connectivity index (χ0n) is 13.3. The van der Waals surface area contributed by atoms with Crippen LogP contribution in [0.2, 0.25) is 0 Å². The largest absolute Gasteiger partial charge is 0.508 e. The second-order valence-corrected chi connectivity index (χ2v) is 5.96. The van der Waals surface area contributed by atoms with Crippen LogP contribution in [-0.4, -0.2) is 27.7 Å². The van der Waals surface area contributed by atoms with E-state index in [0.29, 0.717) is 11.4 Å². The summed E-state index contributed by atoms with van der Waals surface area (Å²) >= 11 is 0. The highest BCUT2D eigenvalue weighted by atomic mass is 16.3. The summed E-state index contributed by atoms with van der Waals surface area (Å²) in [4.78, 5) is 17.3. The molecule has 0 radical (unpaired) electrons. The number of phenols is 1. The highest BCUT2D eigenvalue weighted by Crippen LogP contribution is 2.28. The molecule has 0 unspecified atom stereocenters. The number of benzene rings is 1. The molecule has 120 valence electrons. The third kappa shape index (κ3) is 2.34. The quantitative estimate of drug-likeness (QED) is 0.913. The third-order valence-electron chi connectivity index (χ3n) is 4.33. The number of allylic oxidation sites excluding steroid dienone is 2. The van der Waals surface area contributed by atoms with E-state index >= 15 is 0 Å². The number of hydrogen-bond acceptors (Lipinski definition) is 4. The molecule has 2 aliphatic rings. The molecule has 0 saturated carbocycles. The molecule has 0 fully saturated rings. The predicted molar refractivity (Wildman–Crippen MR) is 93.2 cm³/mol. The second kappa shape index (κ2) is 5.53. The normalized spacial score (nSPS) is 16.0. The summed E-state index contributed by atoms with van der Waals surface area (Å²) in [7, 11) is 1.90. The maximum atomic E-state index is 12.7. The Morgan fingerprint density at radius 3 is 2.88 bits per heavy atom. The number of aromatic hydroxyl groups is 1. The van der Waals surface area contributed by atoms with Gasteiger partial charge in [0.15, 0.2) is 0 Å². The van der Waals surface area contributed by atoms with E-state index in [9.17, 15) is 9.90 Å². The van der Waals surface area contributed by atoms with Crippen LogP contribution in [0, 0.1) is 0 Å². The minimum absolute atomic E-state index is 0.0186. The number of carbonyl (C=O) groups excluding carboxylic acids is 1. The first-order valence-electron chi connectivity index (χ1n) is 7.85.